The normalized spacial score (nSPS) is 12.0. The Labute approximate surface area is 154 Å². The van der Waals surface area contributed by atoms with E-state index in [1.807, 2.05) is 37.4 Å². The molecule has 2 aromatic rings. The second-order valence-corrected chi connectivity index (χ2v) is 6.93. The first-order valence-electron chi connectivity index (χ1n) is 7.33. The summed E-state index contributed by atoms with van der Waals surface area (Å²) in [6.07, 6.45) is 1.95. The van der Waals surface area contributed by atoms with Gasteiger partial charge in [0.05, 0.1) is 15.7 Å². The van der Waals surface area contributed by atoms with Crippen molar-refractivity contribution in [2.45, 2.75) is 17.9 Å². The molecule has 1 amide bonds. The van der Waals surface area contributed by atoms with Crippen LogP contribution in [0.15, 0.2) is 41.3 Å². The lowest BCUT2D eigenvalue weighted by Crippen LogP contribution is -2.86. The van der Waals surface area contributed by atoms with E-state index >= 15 is 0 Å². The maximum Gasteiger partial charge on any atom is 0.279 e. The number of nitrogens with two attached hydrogens (primary N) is 1. The number of hydrogen-bond acceptors (Lipinski definition) is 2. The zero-order valence-corrected chi connectivity index (χ0v) is 15.6. The third-order valence-corrected chi connectivity index (χ3v) is 4.98. The summed E-state index contributed by atoms with van der Waals surface area (Å²) in [6, 6.07) is 10.1. The van der Waals surface area contributed by atoms with Crippen LogP contribution in [0, 0.1) is 5.82 Å². The topological polar surface area (TPSA) is 45.7 Å². The van der Waals surface area contributed by atoms with Gasteiger partial charge in [-0.2, -0.15) is 0 Å². The number of carbonyl (C=O) groups is 1. The first kappa shape index (κ1) is 19.1. The van der Waals surface area contributed by atoms with E-state index in [4.69, 9.17) is 23.2 Å². The van der Waals surface area contributed by atoms with Gasteiger partial charge >= 0.3 is 0 Å². The molecule has 0 fully saturated rings. The van der Waals surface area contributed by atoms with Crippen molar-refractivity contribution in [1.82, 2.24) is 0 Å². The summed E-state index contributed by atoms with van der Waals surface area (Å²) < 4.78 is 13.6. The number of quaternary nitrogens is 1. The second kappa shape index (κ2) is 8.72. The van der Waals surface area contributed by atoms with Crippen LogP contribution in [0.1, 0.15) is 18.5 Å². The molecule has 24 heavy (non-hydrogen) atoms. The Morgan fingerprint density at radius 3 is 2.71 bits per heavy atom. The molecule has 3 nitrogen and oxygen atoms in total. The molecule has 0 spiro atoms. The third kappa shape index (κ3) is 4.86. The van der Waals surface area contributed by atoms with Crippen LogP contribution < -0.4 is 10.6 Å². The summed E-state index contributed by atoms with van der Waals surface area (Å²) in [6.45, 7) is 2.06. The Balaban J connectivity index is 1.97. The molecule has 0 saturated heterocycles. The highest BCUT2D eigenvalue weighted by Crippen LogP contribution is 2.27. The zero-order valence-electron chi connectivity index (χ0n) is 13.3. The van der Waals surface area contributed by atoms with Crippen LogP contribution in [0.5, 0.6) is 0 Å². The lowest BCUT2D eigenvalue weighted by molar-refractivity contribution is -0.682. The number of para-hydroxylation sites is 1. The standard InChI is InChI=1S/C17H17Cl2FN2OS/c1-10(11-7-14(20)13(19)8-12(11)18)21-9-17(23)22-15-5-3-4-6-16(15)24-2/h3-8,10,21H,9H2,1-2H3,(H,22,23)/p+1/t10-/m0/s1. The smallest absolute Gasteiger partial charge is 0.279 e. The molecule has 0 saturated carbocycles. The molecule has 2 aromatic carbocycles. The SMILES string of the molecule is CSc1ccccc1NC(=O)C[NH2+][C@@H](C)c1cc(F)c(Cl)cc1Cl. The van der Waals surface area contributed by atoms with Crippen molar-refractivity contribution >= 4 is 46.6 Å². The summed E-state index contributed by atoms with van der Waals surface area (Å²) in [4.78, 5) is 13.1. The van der Waals surface area contributed by atoms with E-state index < -0.39 is 5.82 Å². The predicted molar refractivity (Wildman–Crippen MR) is 98.5 cm³/mol. The molecular formula is C17H18Cl2FN2OS+. The Morgan fingerprint density at radius 1 is 1.29 bits per heavy atom. The van der Waals surface area contributed by atoms with Gasteiger partial charge in [0.2, 0.25) is 0 Å². The molecule has 0 aliphatic rings. The van der Waals surface area contributed by atoms with E-state index in [-0.39, 0.29) is 23.5 Å². The van der Waals surface area contributed by atoms with Crippen LogP contribution >= 0.6 is 35.0 Å². The van der Waals surface area contributed by atoms with E-state index in [0.717, 1.165) is 10.6 Å². The van der Waals surface area contributed by atoms with E-state index in [2.05, 4.69) is 5.32 Å². The Bertz CT molecular complexity index is 743. The number of hydrogen-bond donors (Lipinski definition) is 2. The molecule has 3 N–H and O–H groups in total. The van der Waals surface area contributed by atoms with Crippen LogP contribution in [0.3, 0.4) is 0 Å². The van der Waals surface area contributed by atoms with Gasteiger partial charge < -0.3 is 10.6 Å². The van der Waals surface area contributed by atoms with E-state index in [1.54, 1.807) is 17.1 Å². The lowest BCUT2D eigenvalue weighted by atomic mass is 10.1. The fourth-order valence-corrected chi connectivity index (χ4v) is 3.36. The molecular weight excluding hydrogens is 370 g/mol. The zero-order chi connectivity index (χ0) is 17.7. The Morgan fingerprint density at radius 2 is 2.00 bits per heavy atom. The van der Waals surface area contributed by atoms with Crippen LogP contribution in [0.4, 0.5) is 10.1 Å². The average molecular weight is 388 g/mol. The van der Waals surface area contributed by atoms with Crippen molar-refractivity contribution in [3.05, 3.63) is 57.8 Å². The van der Waals surface area contributed by atoms with Crippen LogP contribution in [0.25, 0.3) is 0 Å². The van der Waals surface area contributed by atoms with Crippen molar-refractivity contribution < 1.29 is 14.5 Å². The highest BCUT2D eigenvalue weighted by Gasteiger charge is 2.17. The molecule has 0 bridgehead atoms. The van der Waals surface area contributed by atoms with Crippen molar-refractivity contribution in [2.75, 3.05) is 18.1 Å². The minimum atomic E-state index is -0.519. The van der Waals surface area contributed by atoms with Gasteiger partial charge in [-0.1, -0.05) is 35.3 Å². The Kier molecular flexibility index (Phi) is 6.92. The molecule has 0 heterocycles. The number of carbonyl (C=O) groups excluding carboxylic acids is 1. The van der Waals surface area contributed by atoms with Crippen LogP contribution in [0.2, 0.25) is 10.0 Å². The average Bonchev–Trinajstić information content (AvgIpc) is 2.56. The van der Waals surface area contributed by atoms with Crippen molar-refractivity contribution in [3.63, 3.8) is 0 Å². The highest BCUT2D eigenvalue weighted by atomic mass is 35.5. The molecule has 0 radical (unpaired) electrons. The van der Waals surface area contributed by atoms with Gasteiger partial charge in [-0.15, -0.1) is 11.8 Å². The minimum absolute atomic E-state index is 0.0117. The monoisotopic (exact) mass is 387 g/mol. The quantitative estimate of drug-likeness (QED) is 0.578. The number of thioether (sulfide) groups is 1. The summed E-state index contributed by atoms with van der Waals surface area (Å²) in [5, 5.41) is 5.06. The van der Waals surface area contributed by atoms with Crippen LogP contribution in [-0.4, -0.2) is 18.7 Å². The van der Waals surface area contributed by atoms with Crippen LogP contribution in [-0.2, 0) is 4.79 Å². The van der Waals surface area contributed by atoms with E-state index in [9.17, 15) is 9.18 Å². The minimum Gasteiger partial charge on any atom is -0.332 e. The summed E-state index contributed by atoms with van der Waals surface area (Å²) in [5.41, 5.74) is 1.39. The van der Waals surface area contributed by atoms with Gasteiger partial charge in [-0.25, -0.2) is 4.39 Å². The lowest BCUT2D eigenvalue weighted by Gasteiger charge is -2.14. The molecule has 2 rings (SSSR count). The number of benzene rings is 2. The molecule has 0 aliphatic carbocycles. The number of amides is 1. The van der Waals surface area contributed by atoms with Crippen molar-refractivity contribution in [3.8, 4) is 0 Å². The second-order valence-electron chi connectivity index (χ2n) is 5.26. The first-order chi connectivity index (χ1) is 11.4. The first-order valence-corrected chi connectivity index (χ1v) is 9.31. The molecule has 0 unspecified atom stereocenters. The highest BCUT2D eigenvalue weighted by molar-refractivity contribution is 7.98. The van der Waals surface area contributed by atoms with E-state index in [0.29, 0.717) is 10.6 Å². The predicted octanol–water partition coefficient (Wildman–Crippen LogP) is 4.12. The molecule has 7 heteroatoms. The largest absolute Gasteiger partial charge is 0.332 e. The fraction of sp³-hybridized carbons (Fsp3) is 0.235. The summed E-state index contributed by atoms with van der Waals surface area (Å²) in [7, 11) is 0. The van der Waals surface area contributed by atoms with Gasteiger partial charge in [-0.05, 0) is 37.4 Å². The number of rotatable bonds is 6. The third-order valence-electron chi connectivity index (χ3n) is 3.57. The number of anilines is 1. The fourth-order valence-electron chi connectivity index (χ4n) is 2.25. The Hall–Kier alpha value is -1.27. The molecule has 128 valence electrons. The number of nitrogens with one attached hydrogen (secondary N) is 1. The maximum atomic E-state index is 13.6. The van der Waals surface area contributed by atoms with Gasteiger partial charge in [0, 0.05) is 10.5 Å². The summed E-state index contributed by atoms with van der Waals surface area (Å²) in [5.74, 6) is -0.649. The maximum absolute atomic E-state index is 13.6. The van der Waals surface area contributed by atoms with Gasteiger partial charge in [0.15, 0.2) is 6.54 Å². The van der Waals surface area contributed by atoms with Gasteiger partial charge in [0.1, 0.15) is 11.9 Å². The number of halogens is 3. The molecule has 0 aliphatic heterocycles. The van der Waals surface area contributed by atoms with Crippen molar-refractivity contribution in [2.24, 2.45) is 0 Å². The molecule has 1 atom stereocenters. The van der Waals surface area contributed by atoms with E-state index in [1.165, 1.54) is 12.1 Å². The summed E-state index contributed by atoms with van der Waals surface area (Å²) >= 11 is 13.4. The molecule has 0 aromatic heterocycles. The van der Waals surface area contributed by atoms with Gasteiger partial charge in [-0.3, -0.25) is 4.79 Å². The van der Waals surface area contributed by atoms with Gasteiger partial charge in [0.25, 0.3) is 5.91 Å². The van der Waals surface area contributed by atoms with Crippen molar-refractivity contribution in [1.29, 1.82) is 0 Å².